The number of nitrogens with zero attached hydrogens (tertiary/aromatic N) is 2. The van der Waals surface area contributed by atoms with Crippen molar-refractivity contribution in [1.29, 1.82) is 0 Å². The largest absolute Gasteiger partial charge is 0.396 e. The fourth-order valence-electron chi connectivity index (χ4n) is 1.65. The van der Waals surface area contributed by atoms with E-state index in [0.717, 1.165) is 0 Å². The van der Waals surface area contributed by atoms with Crippen molar-refractivity contribution in [3.8, 4) is 0 Å². The molecule has 0 saturated heterocycles. The molecule has 1 amide bonds. The summed E-state index contributed by atoms with van der Waals surface area (Å²) in [6.07, 6.45) is 1.88. The van der Waals surface area contributed by atoms with E-state index in [0.29, 0.717) is 31.0 Å². The number of amides is 1. The Kier molecular flexibility index (Phi) is 5.31. The lowest BCUT2D eigenvalue weighted by Crippen LogP contribution is -2.42. The SMILES string of the molecule is CCn1ncc(N)c1C(=O)NCC(C)(O)CCOC. The molecule has 0 aliphatic heterocycles. The molecule has 19 heavy (non-hydrogen) atoms. The summed E-state index contributed by atoms with van der Waals surface area (Å²) in [4.78, 5) is 12.0. The fourth-order valence-corrected chi connectivity index (χ4v) is 1.65. The van der Waals surface area contributed by atoms with Crippen LogP contribution in [0.15, 0.2) is 6.20 Å². The van der Waals surface area contributed by atoms with E-state index in [1.165, 1.54) is 10.9 Å². The average molecular weight is 270 g/mol. The quantitative estimate of drug-likeness (QED) is 0.647. The third-order valence-corrected chi connectivity index (χ3v) is 2.86. The molecule has 0 saturated carbocycles. The van der Waals surface area contributed by atoms with Crippen LogP contribution in [0.4, 0.5) is 5.69 Å². The number of nitrogens with one attached hydrogen (secondary N) is 1. The standard InChI is InChI=1S/C12H22N4O3/c1-4-16-10(9(13)7-15-16)11(17)14-8-12(2,18)5-6-19-3/h7,18H,4-6,8,13H2,1-3H3,(H,14,17). The monoisotopic (exact) mass is 270 g/mol. The summed E-state index contributed by atoms with van der Waals surface area (Å²) in [5.41, 5.74) is 5.35. The van der Waals surface area contributed by atoms with Gasteiger partial charge in [-0.05, 0) is 13.8 Å². The third kappa shape index (κ3) is 4.22. The second-order valence-corrected chi connectivity index (χ2v) is 4.69. The topological polar surface area (TPSA) is 102 Å². The number of aryl methyl sites for hydroxylation is 1. The Hall–Kier alpha value is -1.60. The molecule has 0 aliphatic carbocycles. The van der Waals surface area contributed by atoms with Crippen LogP contribution in [0.3, 0.4) is 0 Å². The predicted molar refractivity (Wildman–Crippen MR) is 71.8 cm³/mol. The van der Waals surface area contributed by atoms with Gasteiger partial charge in [0.2, 0.25) is 0 Å². The predicted octanol–water partition coefficient (Wildman–Crippen LogP) is 0.00250. The van der Waals surface area contributed by atoms with Crippen LogP contribution >= 0.6 is 0 Å². The smallest absolute Gasteiger partial charge is 0.271 e. The van der Waals surface area contributed by atoms with E-state index in [1.54, 1.807) is 14.0 Å². The fraction of sp³-hybridized carbons (Fsp3) is 0.667. The lowest BCUT2D eigenvalue weighted by Gasteiger charge is -2.23. The van der Waals surface area contributed by atoms with E-state index in [2.05, 4.69) is 10.4 Å². The molecule has 0 aliphatic rings. The zero-order chi connectivity index (χ0) is 14.5. The highest BCUT2D eigenvalue weighted by atomic mass is 16.5. The van der Waals surface area contributed by atoms with Crippen LogP contribution in [0.1, 0.15) is 30.8 Å². The molecular formula is C12H22N4O3. The second kappa shape index (κ2) is 6.53. The van der Waals surface area contributed by atoms with Crippen molar-refractivity contribution in [3.05, 3.63) is 11.9 Å². The van der Waals surface area contributed by atoms with Crippen LogP contribution in [0.5, 0.6) is 0 Å². The van der Waals surface area contributed by atoms with Gasteiger partial charge < -0.3 is 20.9 Å². The number of anilines is 1. The van der Waals surface area contributed by atoms with Gasteiger partial charge in [-0.1, -0.05) is 0 Å². The van der Waals surface area contributed by atoms with Crippen molar-refractivity contribution in [2.45, 2.75) is 32.4 Å². The molecule has 7 heteroatoms. The Morgan fingerprint density at radius 2 is 2.37 bits per heavy atom. The minimum absolute atomic E-state index is 0.128. The van der Waals surface area contributed by atoms with Gasteiger partial charge >= 0.3 is 0 Å². The first-order valence-electron chi connectivity index (χ1n) is 6.22. The summed E-state index contributed by atoms with van der Waals surface area (Å²) in [6, 6.07) is 0. The third-order valence-electron chi connectivity index (χ3n) is 2.86. The number of carbonyl (C=O) groups excluding carboxylic acids is 1. The molecule has 7 nitrogen and oxygen atoms in total. The van der Waals surface area contributed by atoms with Crippen molar-refractivity contribution >= 4 is 11.6 Å². The van der Waals surface area contributed by atoms with E-state index >= 15 is 0 Å². The lowest BCUT2D eigenvalue weighted by atomic mass is 10.0. The van der Waals surface area contributed by atoms with Crippen molar-refractivity contribution in [3.63, 3.8) is 0 Å². The molecule has 1 aromatic heterocycles. The highest BCUT2D eigenvalue weighted by Crippen LogP contribution is 2.12. The van der Waals surface area contributed by atoms with E-state index in [-0.39, 0.29) is 12.5 Å². The molecule has 0 fully saturated rings. The maximum absolute atomic E-state index is 12.0. The second-order valence-electron chi connectivity index (χ2n) is 4.69. The molecule has 4 N–H and O–H groups in total. The van der Waals surface area contributed by atoms with Gasteiger partial charge in [0.25, 0.3) is 5.91 Å². The van der Waals surface area contributed by atoms with Gasteiger partial charge in [-0.15, -0.1) is 0 Å². The molecule has 108 valence electrons. The highest BCUT2D eigenvalue weighted by molar-refractivity contribution is 5.97. The average Bonchev–Trinajstić information content (AvgIpc) is 2.75. The highest BCUT2D eigenvalue weighted by Gasteiger charge is 2.23. The van der Waals surface area contributed by atoms with E-state index < -0.39 is 5.60 Å². The Bertz CT molecular complexity index is 429. The molecule has 1 rings (SSSR count). The van der Waals surface area contributed by atoms with Crippen molar-refractivity contribution in [2.24, 2.45) is 0 Å². The number of ether oxygens (including phenoxy) is 1. The Labute approximate surface area is 112 Å². The lowest BCUT2D eigenvalue weighted by molar-refractivity contribution is 0.0242. The molecule has 0 radical (unpaired) electrons. The minimum Gasteiger partial charge on any atom is -0.396 e. The first-order valence-corrected chi connectivity index (χ1v) is 6.22. The zero-order valence-corrected chi connectivity index (χ0v) is 11.6. The van der Waals surface area contributed by atoms with Crippen LogP contribution in [0.25, 0.3) is 0 Å². The van der Waals surface area contributed by atoms with Crippen molar-refractivity contribution in [1.82, 2.24) is 15.1 Å². The van der Waals surface area contributed by atoms with Crippen LogP contribution in [0.2, 0.25) is 0 Å². The van der Waals surface area contributed by atoms with Gasteiger partial charge in [0.15, 0.2) is 0 Å². The summed E-state index contributed by atoms with van der Waals surface area (Å²) in [5, 5.41) is 16.7. The number of rotatable bonds is 7. The number of aliphatic hydroxyl groups is 1. The minimum atomic E-state index is -1.02. The van der Waals surface area contributed by atoms with E-state index in [4.69, 9.17) is 10.5 Å². The number of hydrogen-bond acceptors (Lipinski definition) is 5. The van der Waals surface area contributed by atoms with Crippen molar-refractivity contribution in [2.75, 3.05) is 26.0 Å². The maximum atomic E-state index is 12.0. The normalized spacial score (nSPS) is 14.1. The number of nitrogens with two attached hydrogens (primary N) is 1. The van der Waals surface area contributed by atoms with E-state index in [1.807, 2.05) is 6.92 Å². The van der Waals surface area contributed by atoms with Gasteiger partial charge in [-0.3, -0.25) is 9.48 Å². The molecule has 1 unspecified atom stereocenters. The summed E-state index contributed by atoms with van der Waals surface area (Å²) >= 11 is 0. The van der Waals surface area contributed by atoms with Crippen LogP contribution in [-0.2, 0) is 11.3 Å². The Morgan fingerprint density at radius 3 is 2.95 bits per heavy atom. The Morgan fingerprint density at radius 1 is 1.68 bits per heavy atom. The first-order chi connectivity index (χ1) is 8.91. The molecule has 1 atom stereocenters. The van der Waals surface area contributed by atoms with Gasteiger partial charge in [-0.25, -0.2) is 0 Å². The number of carbonyl (C=O) groups is 1. The Balaban J connectivity index is 2.62. The number of nitrogen functional groups attached to an aromatic ring is 1. The molecular weight excluding hydrogens is 248 g/mol. The summed E-state index contributed by atoms with van der Waals surface area (Å²) in [7, 11) is 1.56. The maximum Gasteiger partial charge on any atom is 0.271 e. The molecule has 0 aromatic carbocycles. The van der Waals surface area contributed by atoms with Crippen LogP contribution < -0.4 is 11.1 Å². The number of methoxy groups -OCH3 is 1. The first kappa shape index (κ1) is 15.5. The number of aromatic nitrogens is 2. The zero-order valence-electron chi connectivity index (χ0n) is 11.6. The van der Waals surface area contributed by atoms with Crippen LogP contribution in [0, 0.1) is 0 Å². The molecule has 1 aromatic rings. The van der Waals surface area contributed by atoms with E-state index in [9.17, 15) is 9.90 Å². The van der Waals surface area contributed by atoms with Gasteiger partial charge in [0.1, 0.15) is 5.69 Å². The summed E-state index contributed by atoms with van der Waals surface area (Å²) in [6.45, 7) is 4.63. The molecule has 0 spiro atoms. The van der Waals surface area contributed by atoms with Gasteiger partial charge in [0, 0.05) is 33.2 Å². The van der Waals surface area contributed by atoms with Gasteiger partial charge in [0.05, 0.1) is 17.5 Å². The van der Waals surface area contributed by atoms with Crippen molar-refractivity contribution < 1.29 is 14.6 Å². The summed E-state index contributed by atoms with van der Waals surface area (Å²) in [5.74, 6) is -0.338. The van der Waals surface area contributed by atoms with Gasteiger partial charge in [-0.2, -0.15) is 5.10 Å². The molecule has 1 heterocycles. The summed E-state index contributed by atoms with van der Waals surface area (Å²) < 4.78 is 6.43. The number of hydrogen-bond donors (Lipinski definition) is 3. The molecule has 0 bridgehead atoms. The van der Waals surface area contributed by atoms with Crippen LogP contribution in [-0.4, -0.2) is 46.7 Å².